The molecule has 26 heavy (non-hydrogen) atoms. The summed E-state index contributed by atoms with van der Waals surface area (Å²) in [6, 6.07) is 8.58. The number of oxazole rings is 1. The fourth-order valence-corrected chi connectivity index (χ4v) is 3.84. The van der Waals surface area contributed by atoms with E-state index in [4.69, 9.17) is 4.42 Å². The van der Waals surface area contributed by atoms with Crippen molar-refractivity contribution in [3.63, 3.8) is 0 Å². The van der Waals surface area contributed by atoms with Gasteiger partial charge in [-0.3, -0.25) is 14.6 Å². The zero-order chi connectivity index (χ0) is 18.1. The summed E-state index contributed by atoms with van der Waals surface area (Å²) in [5.41, 5.74) is 1.42. The Morgan fingerprint density at radius 1 is 1.04 bits per heavy atom. The summed E-state index contributed by atoms with van der Waals surface area (Å²) in [5.74, 6) is -0.631. The number of rotatable bonds is 2. The first-order valence-electron chi connectivity index (χ1n) is 8.37. The predicted octanol–water partition coefficient (Wildman–Crippen LogP) is 2.17. The van der Waals surface area contributed by atoms with E-state index in [1.54, 1.807) is 28.0 Å². The average Bonchev–Trinajstić information content (AvgIpc) is 3.23. The lowest BCUT2D eigenvalue weighted by atomic mass is 10.1. The van der Waals surface area contributed by atoms with Crippen LogP contribution >= 0.6 is 11.3 Å². The summed E-state index contributed by atoms with van der Waals surface area (Å²) in [6.45, 7) is 2.21. The molecule has 0 bridgehead atoms. The van der Waals surface area contributed by atoms with Crippen LogP contribution in [-0.2, 0) is 0 Å². The molecule has 1 aliphatic rings. The molecule has 0 radical (unpaired) electrons. The topological polar surface area (TPSA) is 86.6 Å². The van der Waals surface area contributed by atoms with E-state index in [2.05, 4.69) is 4.98 Å². The normalized spacial score (nSPS) is 15.2. The number of nitrogens with zero attached hydrogens (tertiary/aromatic N) is 2. The van der Waals surface area contributed by atoms with Gasteiger partial charge in [0.1, 0.15) is 0 Å². The Morgan fingerprint density at radius 3 is 2.54 bits per heavy atom. The lowest BCUT2D eigenvalue weighted by Gasteiger charge is -2.22. The van der Waals surface area contributed by atoms with Gasteiger partial charge in [0.15, 0.2) is 5.58 Å². The van der Waals surface area contributed by atoms with Crippen LogP contribution in [0.1, 0.15) is 26.5 Å². The first-order valence-corrected chi connectivity index (χ1v) is 9.25. The molecule has 1 saturated heterocycles. The van der Waals surface area contributed by atoms with Crippen LogP contribution in [0.5, 0.6) is 0 Å². The quantitative estimate of drug-likeness (QED) is 0.748. The summed E-state index contributed by atoms with van der Waals surface area (Å²) in [5, 5.41) is 1.89. The lowest BCUT2D eigenvalue weighted by Crippen LogP contribution is -2.37. The van der Waals surface area contributed by atoms with Crippen molar-refractivity contribution < 1.29 is 14.0 Å². The predicted molar refractivity (Wildman–Crippen MR) is 97.6 cm³/mol. The number of benzene rings is 1. The van der Waals surface area contributed by atoms with Gasteiger partial charge in [-0.05, 0) is 36.1 Å². The number of hydrogen-bond acceptors (Lipinski definition) is 5. The maximum atomic E-state index is 12.8. The molecule has 0 atom stereocenters. The molecule has 0 spiro atoms. The molecule has 0 aliphatic carbocycles. The Bertz CT molecular complexity index is 1010. The van der Waals surface area contributed by atoms with Gasteiger partial charge >= 0.3 is 5.76 Å². The Labute approximate surface area is 152 Å². The van der Waals surface area contributed by atoms with Crippen LogP contribution in [0.15, 0.2) is 44.9 Å². The van der Waals surface area contributed by atoms with E-state index in [9.17, 15) is 14.4 Å². The molecule has 2 aromatic heterocycles. The number of fused-ring (bicyclic) bond motifs is 1. The van der Waals surface area contributed by atoms with Crippen LogP contribution in [0.3, 0.4) is 0 Å². The Kier molecular flexibility index (Phi) is 4.34. The monoisotopic (exact) mass is 371 g/mol. The number of aromatic nitrogens is 1. The molecule has 8 heteroatoms. The van der Waals surface area contributed by atoms with Crippen LogP contribution in [0, 0.1) is 0 Å². The third-order valence-electron chi connectivity index (χ3n) is 4.47. The highest BCUT2D eigenvalue weighted by atomic mass is 32.1. The fraction of sp³-hybridized carbons (Fsp3) is 0.278. The second kappa shape index (κ2) is 6.80. The van der Waals surface area contributed by atoms with Crippen molar-refractivity contribution in [3.05, 3.63) is 56.7 Å². The van der Waals surface area contributed by atoms with E-state index in [1.807, 2.05) is 17.5 Å². The molecule has 3 heterocycles. The summed E-state index contributed by atoms with van der Waals surface area (Å²) >= 11 is 1.43. The number of hydrogen-bond donors (Lipinski definition) is 1. The number of aromatic amines is 1. The molecule has 3 aromatic rings. The van der Waals surface area contributed by atoms with Crippen molar-refractivity contribution in [2.24, 2.45) is 0 Å². The zero-order valence-electron chi connectivity index (χ0n) is 13.9. The molecule has 0 saturated carbocycles. The maximum absolute atomic E-state index is 12.8. The van der Waals surface area contributed by atoms with E-state index in [0.29, 0.717) is 42.8 Å². The smallest absolute Gasteiger partial charge is 0.408 e. The molecule has 2 amide bonds. The molecule has 7 nitrogen and oxygen atoms in total. The number of carbonyl (C=O) groups is 2. The van der Waals surface area contributed by atoms with Crippen molar-refractivity contribution in [1.29, 1.82) is 0 Å². The molecular weight excluding hydrogens is 354 g/mol. The summed E-state index contributed by atoms with van der Waals surface area (Å²) < 4.78 is 4.96. The second-order valence-electron chi connectivity index (χ2n) is 6.14. The molecular formula is C18H17N3O4S. The van der Waals surface area contributed by atoms with Gasteiger partial charge in [-0.2, -0.15) is 0 Å². The van der Waals surface area contributed by atoms with Gasteiger partial charge in [0.2, 0.25) is 0 Å². The Balaban J connectivity index is 1.48. The van der Waals surface area contributed by atoms with Gasteiger partial charge in [-0.25, -0.2) is 4.79 Å². The van der Waals surface area contributed by atoms with Gasteiger partial charge in [0.25, 0.3) is 11.8 Å². The van der Waals surface area contributed by atoms with E-state index in [1.165, 1.54) is 11.3 Å². The minimum Gasteiger partial charge on any atom is -0.408 e. The number of nitrogens with one attached hydrogen (secondary N) is 1. The third kappa shape index (κ3) is 3.15. The second-order valence-corrected chi connectivity index (χ2v) is 7.09. The molecule has 1 aromatic carbocycles. The summed E-state index contributed by atoms with van der Waals surface area (Å²) in [4.78, 5) is 43.4. The standard InChI is InChI=1S/C18H17N3O4S/c22-16(12-4-5-14-13(11-12)19-18(24)25-14)20-6-2-7-21(9-8-20)17(23)15-3-1-10-26-15/h1,3-5,10-11H,2,6-9H2,(H,19,24). The largest absolute Gasteiger partial charge is 0.417 e. The average molecular weight is 371 g/mol. The van der Waals surface area contributed by atoms with Crippen molar-refractivity contribution in [1.82, 2.24) is 14.8 Å². The van der Waals surface area contributed by atoms with Gasteiger partial charge in [0, 0.05) is 31.7 Å². The highest BCUT2D eigenvalue weighted by Crippen LogP contribution is 2.17. The van der Waals surface area contributed by atoms with Crippen molar-refractivity contribution in [2.45, 2.75) is 6.42 Å². The molecule has 134 valence electrons. The molecule has 4 rings (SSSR count). The Morgan fingerprint density at radius 2 is 1.81 bits per heavy atom. The van der Waals surface area contributed by atoms with Crippen LogP contribution in [0.2, 0.25) is 0 Å². The molecule has 1 N–H and O–H groups in total. The zero-order valence-corrected chi connectivity index (χ0v) is 14.8. The maximum Gasteiger partial charge on any atom is 0.417 e. The first kappa shape index (κ1) is 16.6. The summed E-state index contributed by atoms with van der Waals surface area (Å²) in [7, 11) is 0. The highest BCUT2D eigenvalue weighted by molar-refractivity contribution is 7.12. The minimum atomic E-state index is -0.540. The lowest BCUT2D eigenvalue weighted by molar-refractivity contribution is 0.0721. The van der Waals surface area contributed by atoms with E-state index in [0.717, 1.165) is 11.3 Å². The van der Waals surface area contributed by atoms with Crippen molar-refractivity contribution >= 4 is 34.3 Å². The highest BCUT2D eigenvalue weighted by Gasteiger charge is 2.24. The van der Waals surface area contributed by atoms with Crippen LogP contribution in [-0.4, -0.2) is 52.8 Å². The van der Waals surface area contributed by atoms with E-state index in [-0.39, 0.29) is 11.8 Å². The van der Waals surface area contributed by atoms with Crippen molar-refractivity contribution in [3.8, 4) is 0 Å². The van der Waals surface area contributed by atoms with E-state index >= 15 is 0 Å². The Hall–Kier alpha value is -2.87. The SMILES string of the molecule is O=C(c1ccc2oc(=O)[nH]c2c1)N1CCCN(C(=O)c2cccs2)CC1. The number of carbonyl (C=O) groups excluding carboxylic acids is 2. The first-order chi connectivity index (χ1) is 12.6. The van der Waals surface area contributed by atoms with Crippen molar-refractivity contribution in [2.75, 3.05) is 26.2 Å². The van der Waals surface area contributed by atoms with Gasteiger partial charge in [0.05, 0.1) is 10.4 Å². The summed E-state index contributed by atoms with van der Waals surface area (Å²) in [6.07, 6.45) is 0.730. The third-order valence-corrected chi connectivity index (χ3v) is 5.33. The van der Waals surface area contributed by atoms with Crippen LogP contribution < -0.4 is 5.76 Å². The molecule has 1 fully saturated rings. The van der Waals surface area contributed by atoms with Crippen LogP contribution in [0.4, 0.5) is 0 Å². The molecule has 1 aliphatic heterocycles. The molecule has 0 unspecified atom stereocenters. The van der Waals surface area contributed by atoms with Gasteiger partial charge < -0.3 is 14.2 Å². The number of H-pyrrole nitrogens is 1. The van der Waals surface area contributed by atoms with Gasteiger partial charge in [-0.15, -0.1) is 11.3 Å². The number of amides is 2. The minimum absolute atomic E-state index is 0.0201. The van der Waals surface area contributed by atoms with Gasteiger partial charge in [-0.1, -0.05) is 6.07 Å². The van der Waals surface area contributed by atoms with Crippen LogP contribution in [0.25, 0.3) is 11.1 Å². The fourth-order valence-electron chi connectivity index (χ4n) is 3.15. The number of thiophene rings is 1. The van der Waals surface area contributed by atoms with E-state index < -0.39 is 5.76 Å².